The Hall–Kier alpha value is -1.68. The molecular formula is C11H11ClO4. The normalized spacial score (nSPS) is 9.62. The molecule has 0 bridgehead atoms. The number of phenols is 1. The highest BCUT2D eigenvalue weighted by atomic mass is 35.5. The second kappa shape index (κ2) is 5.42. The van der Waals surface area contributed by atoms with Gasteiger partial charge in [0.2, 0.25) is 0 Å². The number of hydrogen-bond donors (Lipinski definition) is 2. The first-order valence-electron chi connectivity index (χ1n) is 4.60. The molecule has 86 valence electrons. The summed E-state index contributed by atoms with van der Waals surface area (Å²) in [6.45, 7) is 1.89. The Morgan fingerprint density at radius 1 is 1.44 bits per heavy atom. The summed E-state index contributed by atoms with van der Waals surface area (Å²) in [6, 6.07) is 4.57. The summed E-state index contributed by atoms with van der Waals surface area (Å²) in [7, 11) is 0. The number of carbonyl (C=O) groups is 1. The Labute approximate surface area is 97.1 Å². The fraction of sp³-hybridized carbons (Fsp3) is 0.182. The van der Waals surface area contributed by atoms with Crippen molar-refractivity contribution in [1.29, 1.82) is 0 Å². The molecule has 0 aliphatic rings. The van der Waals surface area contributed by atoms with Crippen LogP contribution in [0.25, 0.3) is 11.0 Å². The second-order valence-corrected chi connectivity index (χ2v) is 3.41. The Morgan fingerprint density at radius 3 is 2.62 bits per heavy atom. The third-order valence-electron chi connectivity index (χ3n) is 1.81. The van der Waals surface area contributed by atoms with Crippen LogP contribution in [0.5, 0.6) is 5.75 Å². The van der Waals surface area contributed by atoms with Crippen molar-refractivity contribution in [2.24, 2.45) is 0 Å². The third kappa shape index (κ3) is 2.46. The monoisotopic (exact) mass is 242 g/mol. The molecule has 2 aromatic rings. The van der Waals surface area contributed by atoms with Gasteiger partial charge in [-0.25, -0.2) is 4.79 Å². The van der Waals surface area contributed by atoms with Gasteiger partial charge in [-0.3, -0.25) is 0 Å². The molecule has 2 N–H and O–H groups in total. The Bertz CT molecular complexity index is 490. The smallest absolute Gasteiger partial charge is 0.343 e. The predicted molar refractivity (Wildman–Crippen MR) is 61.2 cm³/mol. The first kappa shape index (κ1) is 12.4. The van der Waals surface area contributed by atoms with Gasteiger partial charge in [0.1, 0.15) is 11.3 Å². The summed E-state index contributed by atoms with van der Waals surface area (Å²) in [6.07, 6.45) is 1.39. The van der Waals surface area contributed by atoms with E-state index in [1.165, 1.54) is 12.3 Å². The van der Waals surface area contributed by atoms with Crippen molar-refractivity contribution in [3.63, 3.8) is 0 Å². The van der Waals surface area contributed by atoms with Crippen molar-refractivity contribution in [2.45, 2.75) is 6.92 Å². The lowest BCUT2D eigenvalue weighted by molar-refractivity contribution is 0.0695. The van der Waals surface area contributed by atoms with Gasteiger partial charge >= 0.3 is 5.97 Å². The van der Waals surface area contributed by atoms with Gasteiger partial charge in [-0.1, -0.05) is 6.92 Å². The number of aromatic carboxylic acids is 1. The number of carboxylic acids is 1. The van der Waals surface area contributed by atoms with E-state index in [0.717, 1.165) is 5.88 Å². The maximum absolute atomic E-state index is 10.7. The summed E-state index contributed by atoms with van der Waals surface area (Å²) < 4.78 is 4.95. The van der Waals surface area contributed by atoms with E-state index in [2.05, 4.69) is 0 Å². The minimum Gasteiger partial charge on any atom is -0.507 e. The maximum atomic E-state index is 10.7. The summed E-state index contributed by atoms with van der Waals surface area (Å²) in [4.78, 5) is 10.7. The largest absolute Gasteiger partial charge is 0.507 e. The van der Waals surface area contributed by atoms with Gasteiger partial charge in [-0.2, -0.15) is 0 Å². The van der Waals surface area contributed by atoms with Gasteiger partial charge in [0.15, 0.2) is 5.58 Å². The molecule has 1 aromatic carbocycles. The fourth-order valence-corrected chi connectivity index (χ4v) is 1.23. The molecule has 0 atom stereocenters. The van der Waals surface area contributed by atoms with Crippen LogP contribution in [-0.2, 0) is 0 Å². The van der Waals surface area contributed by atoms with Crippen LogP contribution in [0.15, 0.2) is 28.9 Å². The molecule has 0 aliphatic carbocycles. The molecule has 0 aliphatic heterocycles. The number of furan rings is 1. The number of fused-ring (bicyclic) bond motifs is 1. The van der Waals surface area contributed by atoms with Crippen LogP contribution >= 0.6 is 11.6 Å². The SMILES string of the molecule is CCCl.O=C(O)c1c(O)ccc2ccoc12. The highest BCUT2D eigenvalue weighted by Gasteiger charge is 2.16. The Morgan fingerprint density at radius 2 is 2.06 bits per heavy atom. The van der Waals surface area contributed by atoms with Gasteiger partial charge < -0.3 is 14.6 Å². The van der Waals surface area contributed by atoms with Gasteiger partial charge in [-0.15, -0.1) is 11.6 Å². The first-order chi connectivity index (χ1) is 7.61. The van der Waals surface area contributed by atoms with E-state index in [1.54, 1.807) is 12.1 Å². The maximum Gasteiger partial charge on any atom is 0.343 e. The van der Waals surface area contributed by atoms with Crippen LogP contribution in [0.1, 0.15) is 17.3 Å². The van der Waals surface area contributed by atoms with Gasteiger partial charge in [-0.05, 0) is 18.2 Å². The first-order valence-corrected chi connectivity index (χ1v) is 5.13. The van der Waals surface area contributed by atoms with E-state index in [-0.39, 0.29) is 16.9 Å². The van der Waals surface area contributed by atoms with Crippen molar-refractivity contribution >= 4 is 28.5 Å². The minimum absolute atomic E-state index is 0.192. The number of aromatic hydroxyl groups is 1. The summed E-state index contributed by atoms with van der Waals surface area (Å²) in [5, 5.41) is 18.7. The average molecular weight is 243 g/mol. The lowest BCUT2D eigenvalue weighted by atomic mass is 10.1. The van der Waals surface area contributed by atoms with E-state index < -0.39 is 5.97 Å². The molecule has 0 fully saturated rings. The van der Waals surface area contributed by atoms with Crippen LogP contribution in [0.3, 0.4) is 0 Å². The topological polar surface area (TPSA) is 70.7 Å². The number of carboxylic acid groups (broad SMARTS) is 1. The number of hydrogen-bond acceptors (Lipinski definition) is 3. The van der Waals surface area contributed by atoms with E-state index in [9.17, 15) is 9.90 Å². The standard InChI is InChI=1S/C9H6O4.C2H5Cl/c10-6-2-1-5-3-4-13-8(5)7(6)9(11)12;1-2-3/h1-4,10H,(H,11,12);2H2,1H3. The molecule has 5 heteroatoms. The van der Waals surface area contributed by atoms with E-state index >= 15 is 0 Å². The van der Waals surface area contributed by atoms with Crippen molar-refractivity contribution in [2.75, 3.05) is 5.88 Å². The molecule has 0 unspecified atom stereocenters. The number of rotatable bonds is 1. The number of benzene rings is 1. The zero-order valence-corrected chi connectivity index (χ0v) is 9.36. The second-order valence-electron chi connectivity index (χ2n) is 2.87. The Balaban J connectivity index is 0.000000386. The van der Waals surface area contributed by atoms with Gasteiger partial charge in [0.05, 0.1) is 6.26 Å². The molecule has 0 spiro atoms. The van der Waals surface area contributed by atoms with E-state index in [0.29, 0.717) is 5.39 Å². The predicted octanol–water partition coefficient (Wildman–Crippen LogP) is 3.08. The van der Waals surface area contributed by atoms with Crippen molar-refractivity contribution in [3.05, 3.63) is 30.0 Å². The molecule has 0 amide bonds. The summed E-state index contributed by atoms with van der Waals surface area (Å²) in [5.41, 5.74) is 0.00926. The third-order valence-corrected chi connectivity index (χ3v) is 1.81. The van der Waals surface area contributed by atoms with Crippen LogP contribution < -0.4 is 0 Å². The molecule has 16 heavy (non-hydrogen) atoms. The lowest BCUT2D eigenvalue weighted by Gasteiger charge is -1.98. The number of alkyl halides is 1. The molecular weight excluding hydrogens is 232 g/mol. The average Bonchev–Trinajstić information content (AvgIpc) is 2.65. The summed E-state index contributed by atoms with van der Waals surface area (Å²) >= 11 is 5.00. The van der Waals surface area contributed by atoms with Crippen molar-refractivity contribution < 1.29 is 19.4 Å². The van der Waals surface area contributed by atoms with Crippen molar-refractivity contribution in [1.82, 2.24) is 0 Å². The molecule has 1 heterocycles. The highest BCUT2D eigenvalue weighted by molar-refractivity contribution is 6.17. The molecule has 1 aromatic heterocycles. The molecule has 0 radical (unpaired) electrons. The van der Waals surface area contributed by atoms with Crippen LogP contribution in [0.4, 0.5) is 0 Å². The molecule has 4 nitrogen and oxygen atoms in total. The summed E-state index contributed by atoms with van der Waals surface area (Å²) in [5.74, 6) is -0.756. The van der Waals surface area contributed by atoms with Crippen LogP contribution in [0, 0.1) is 0 Å². The van der Waals surface area contributed by atoms with Gasteiger partial charge in [0, 0.05) is 11.3 Å². The fourth-order valence-electron chi connectivity index (χ4n) is 1.23. The van der Waals surface area contributed by atoms with E-state index in [4.69, 9.17) is 21.1 Å². The van der Waals surface area contributed by atoms with E-state index in [1.807, 2.05) is 6.92 Å². The molecule has 0 saturated heterocycles. The molecule has 2 rings (SSSR count). The molecule has 0 saturated carbocycles. The Kier molecular flexibility index (Phi) is 4.19. The highest BCUT2D eigenvalue weighted by Crippen LogP contribution is 2.27. The van der Waals surface area contributed by atoms with Crippen molar-refractivity contribution in [3.8, 4) is 5.75 Å². The van der Waals surface area contributed by atoms with Crippen LogP contribution in [0.2, 0.25) is 0 Å². The minimum atomic E-state index is -1.20. The number of halogens is 1. The van der Waals surface area contributed by atoms with Crippen LogP contribution in [-0.4, -0.2) is 22.1 Å². The quantitative estimate of drug-likeness (QED) is 0.754. The zero-order valence-electron chi connectivity index (χ0n) is 8.61. The zero-order chi connectivity index (χ0) is 12.1. The van der Waals surface area contributed by atoms with Gasteiger partial charge in [0.25, 0.3) is 0 Å². The lowest BCUT2D eigenvalue weighted by Crippen LogP contribution is -1.96.